The standard InChI is InChI=1S/C16H21NS/c1-2-17-10-13-8-7-12(13)9-14-11-18-16-6-4-3-5-15(14)16/h3-6,11-13,17H,2,7-10H2,1H3. The molecule has 2 atom stereocenters. The van der Waals surface area contributed by atoms with Crippen LogP contribution in [0.15, 0.2) is 29.6 Å². The SMILES string of the molecule is CCNCC1CCC1Cc1csc2ccccc12. The molecule has 1 aromatic heterocycles. The first-order chi connectivity index (χ1) is 8.88. The molecule has 2 heteroatoms. The van der Waals surface area contributed by atoms with Crippen molar-refractivity contribution in [2.75, 3.05) is 13.1 Å². The second kappa shape index (κ2) is 5.41. The van der Waals surface area contributed by atoms with Crippen LogP contribution in [0.3, 0.4) is 0 Å². The van der Waals surface area contributed by atoms with E-state index in [1.165, 1.54) is 35.9 Å². The molecule has 1 aromatic carbocycles. The van der Waals surface area contributed by atoms with Crippen molar-refractivity contribution in [2.45, 2.75) is 26.2 Å². The monoisotopic (exact) mass is 259 g/mol. The van der Waals surface area contributed by atoms with Gasteiger partial charge in [-0.1, -0.05) is 25.1 Å². The number of rotatable bonds is 5. The van der Waals surface area contributed by atoms with Gasteiger partial charge < -0.3 is 5.32 Å². The zero-order chi connectivity index (χ0) is 12.4. The van der Waals surface area contributed by atoms with Gasteiger partial charge in [0, 0.05) is 4.70 Å². The topological polar surface area (TPSA) is 12.0 Å². The molecule has 2 unspecified atom stereocenters. The van der Waals surface area contributed by atoms with E-state index in [0.29, 0.717) is 0 Å². The largest absolute Gasteiger partial charge is 0.317 e. The molecule has 0 amide bonds. The van der Waals surface area contributed by atoms with Gasteiger partial charge in [-0.3, -0.25) is 0 Å². The van der Waals surface area contributed by atoms with E-state index in [2.05, 4.69) is 41.9 Å². The third kappa shape index (κ3) is 2.32. The molecule has 1 N–H and O–H groups in total. The molecule has 1 aliphatic carbocycles. The highest BCUT2D eigenvalue weighted by Gasteiger charge is 2.30. The van der Waals surface area contributed by atoms with Gasteiger partial charge in [-0.2, -0.15) is 0 Å². The van der Waals surface area contributed by atoms with Crippen LogP contribution < -0.4 is 5.32 Å². The van der Waals surface area contributed by atoms with E-state index in [1.54, 1.807) is 5.56 Å². The van der Waals surface area contributed by atoms with Gasteiger partial charge in [0.25, 0.3) is 0 Å². The molecule has 3 rings (SSSR count). The van der Waals surface area contributed by atoms with E-state index < -0.39 is 0 Å². The Balaban J connectivity index is 1.69. The van der Waals surface area contributed by atoms with E-state index >= 15 is 0 Å². The summed E-state index contributed by atoms with van der Waals surface area (Å²) in [6, 6.07) is 8.81. The lowest BCUT2D eigenvalue weighted by molar-refractivity contribution is 0.172. The molecule has 1 nitrogen and oxygen atoms in total. The molecule has 0 radical (unpaired) electrons. The normalized spacial score (nSPS) is 23.2. The maximum absolute atomic E-state index is 3.50. The summed E-state index contributed by atoms with van der Waals surface area (Å²) in [6.07, 6.45) is 4.11. The van der Waals surface area contributed by atoms with Crippen molar-refractivity contribution in [1.29, 1.82) is 0 Å². The summed E-state index contributed by atoms with van der Waals surface area (Å²) in [7, 11) is 0. The molecule has 1 saturated carbocycles. The Morgan fingerprint density at radius 1 is 1.22 bits per heavy atom. The molecule has 18 heavy (non-hydrogen) atoms. The minimum Gasteiger partial charge on any atom is -0.317 e. The molecule has 1 aliphatic rings. The summed E-state index contributed by atoms with van der Waals surface area (Å²) in [5.41, 5.74) is 1.57. The highest BCUT2D eigenvalue weighted by molar-refractivity contribution is 7.17. The summed E-state index contributed by atoms with van der Waals surface area (Å²) in [5, 5.41) is 7.35. The van der Waals surface area contributed by atoms with Gasteiger partial charge in [-0.05, 0) is 66.6 Å². The third-order valence-corrected chi connectivity index (χ3v) is 5.29. The van der Waals surface area contributed by atoms with Gasteiger partial charge in [-0.25, -0.2) is 0 Å². The zero-order valence-corrected chi connectivity index (χ0v) is 11.8. The van der Waals surface area contributed by atoms with Gasteiger partial charge in [0.05, 0.1) is 0 Å². The Hall–Kier alpha value is -0.860. The fraction of sp³-hybridized carbons (Fsp3) is 0.500. The molecular formula is C16H21NS. The first kappa shape index (κ1) is 12.2. The van der Waals surface area contributed by atoms with Crippen molar-refractivity contribution in [1.82, 2.24) is 5.32 Å². The molecule has 0 spiro atoms. The van der Waals surface area contributed by atoms with E-state index in [1.807, 2.05) is 11.3 Å². The van der Waals surface area contributed by atoms with Gasteiger partial charge in [-0.15, -0.1) is 11.3 Å². The highest BCUT2D eigenvalue weighted by atomic mass is 32.1. The van der Waals surface area contributed by atoms with Crippen LogP contribution in [0.4, 0.5) is 0 Å². The van der Waals surface area contributed by atoms with Crippen molar-refractivity contribution in [3.8, 4) is 0 Å². The Labute approximate surface area is 113 Å². The highest BCUT2D eigenvalue weighted by Crippen LogP contribution is 2.38. The van der Waals surface area contributed by atoms with Crippen LogP contribution in [0, 0.1) is 11.8 Å². The molecule has 1 heterocycles. The number of benzene rings is 1. The maximum Gasteiger partial charge on any atom is 0.0345 e. The predicted octanol–water partition coefficient (Wildman–Crippen LogP) is 4.08. The van der Waals surface area contributed by atoms with Gasteiger partial charge in [0.2, 0.25) is 0 Å². The number of hydrogen-bond donors (Lipinski definition) is 1. The number of fused-ring (bicyclic) bond motifs is 1. The van der Waals surface area contributed by atoms with Gasteiger partial charge >= 0.3 is 0 Å². The fourth-order valence-corrected chi connectivity index (χ4v) is 3.95. The van der Waals surface area contributed by atoms with Crippen LogP contribution in [0.1, 0.15) is 25.3 Å². The quantitative estimate of drug-likeness (QED) is 0.853. The van der Waals surface area contributed by atoms with E-state index in [4.69, 9.17) is 0 Å². The average molecular weight is 259 g/mol. The van der Waals surface area contributed by atoms with Crippen LogP contribution in [0.2, 0.25) is 0 Å². The lowest BCUT2D eigenvalue weighted by Crippen LogP contribution is -2.36. The number of nitrogens with one attached hydrogen (secondary N) is 1. The van der Waals surface area contributed by atoms with Crippen molar-refractivity contribution in [2.24, 2.45) is 11.8 Å². The molecule has 2 aromatic rings. The Morgan fingerprint density at radius 3 is 2.83 bits per heavy atom. The Morgan fingerprint density at radius 2 is 2.06 bits per heavy atom. The van der Waals surface area contributed by atoms with Crippen LogP contribution in [0.5, 0.6) is 0 Å². The number of thiophene rings is 1. The minimum atomic E-state index is 0.905. The molecule has 0 saturated heterocycles. The van der Waals surface area contributed by atoms with Crippen molar-refractivity contribution in [3.05, 3.63) is 35.2 Å². The first-order valence-electron chi connectivity index (χ1n) is 7.04. The predicted molar refractivity (Wildman–Crippen MR) is 80.3 cm³/mol. The van der Waals surface area contributed by atoms with Crippen LogP contribution >= 0.6 is 11.3 Å². The van der Waals surface area contributed by atoms with E-state index in [9.17, 15) is 0 Å². The van der Waals surface area contributed by atoms with Crippen LogP contribution in [-0.4, -0.2) is 13.1 Å². The molecule has 1 fully saturated rings. The smallest absolute Gasteiger partial charge is 0.0345 e. The van der Waals surface area contributed by atoms with Crippen molar-refractivity contribution >= 4 is 21.4 Å². The van der Waals surface area contributed by atoms with Crippen molar-refractivity contribution < 1.29 is 0 Å². The second-order valence-corrected chi connectivity index (χ2v) is 6.28. The second-order valence-electron chi connectivity index (χ2n) is 5.37. The molecule has 96 valence electrons. The molecule has 0 aliphatic heterocycles. The van der Waals surface area contributed by atoms with Gasteiger partial charge in [0.15, 0.2) is 0 Å². The maximum atomic E-state index is 3.50. The first-order valence-corrected chi connectivity index (χ1v) is 7.92. The van der Waals surface area contributed by atoms with Crippen LogP contribution in [-0.2, 0) is 6.42 Å². The van der Waals surface area contributed by atoms with E-state index in [-0.39, 0.29) is 0 Å². The average Bonchev–Trinajstić information content (AvgIpc) is 2.78. The number of hydrogen-bond acceptors (Lipinski definition) is 2. The van der Waals surface area contributed by atoms with Crippen molar-refractivity contribution in [3.63, 3.8) is 0 Å². The Kier molecular flexibility index (Phi) is 3.67. The van der Waals surface area contributed by atoms with E-state index in [0.717, 1.165) is 18.4 Å². The lowest BCUT2D eigenvalue weighted by atomic mass is 9.70. The lowest BCUT2D eigenvalue weighted by Gasteiger charge is -2.37. The molecule has 0 bridgehead atoms. The third-order valence-electron chi connectivity index (χ3n) is 4.27. The zero-order valence-electron chi connectivity index (χ0n) is 11.0. The summed E-state index contributed by atoms with van der Waals surface area (Å²) in [5.74, 6) is 1.81. The summed E-state index contributed by atoms with van der Waals surface area (Å²) in [6.45, 7) is 4.51. The summed E-state index contributed by atoms with van der Waals surface area (Å²) < 4.78 is 1.44. The Bertz CT molecular complexity index is 517. The van der Waals surface area contributed by atoms with Gasteiger partial charge in [0.1, 0.15) is 0 Å². The minimum absolute atomic E-state index is 0.905. The van der Waals surface area contributed by atoms with Crippen LogP contribution in [0.25, 0.3) is 10.1 Å². The summed E-state index contributed by atoms with van der Waals surface area (Å²) in [4.78, 5) is 0. The summed E-state index contributed by atoms with van der Waals surface area (Å²) >= 11 is 1.89. The fourth-order valence-electron chi connectivity index (χ4n) is 2.98. The molecular weight excluding hydrogens is 238 g/mol.